The van der Waals surface area contributed by atoms with Crippen LogP contribution in [0.25, 0.3) is 0 Å². The predicted octanol–water partition coefficient (Wildman–Crippen LogP) is 3.05. The van der Waals surface area contributed by atoms with Crippen molar-refractivity contribution >= 4 is 41.7 Å². The van der Waals surface area contributed by atoms with Crippen molar-refractivity contribution in [3.8, 4) is 5.88 Å². The molecule has 2 N–H and O–H groups in total. The van der Waals surface area contributed by atoms with Crippen molar-refractivity contribution in [1.82, 2.24) is 15.6 Å². The summed E-state index contributed by atoms with van der Waals surface area (Å²) in [7, 11) is 1.79. The van der Waals surface area contributed by atoms with E-state index in [9.17, 15) is 0 Å². The van der Waals surface area contributed by atoms with E-state index in [0.717, 1.165) is 42.5 Å². The monoisotopic (exact) mass is 450 g/mol. The van der Waals surface area contributed by atoms with Crippen LogP contribution in [0.3, 0.4) is 0 Å². The number of hydrogen-bond donors (Lipinski definition) is 2. The van der Waals surface area contributed by atoms with Gasteiger partial charge in [-0.2, -0.15) is 11.8 Å². The van der Waals surface area contributed by atoms with Crippen LogP contribution in [0, 0.1) is 0 Å². The van der Waals surface area contributed by atoms with E-state index in [4.69, 9.17) is 4.74 Å². The maximum absolute atomic E-state index is 5.94. The van der Waals surface area contributed by atoms with Gasteiger partial charge in [-0.05, 0) is 43.6 Å². The zero-order valence-corrected chi connectivity index (χ0v) is 17.0. The van der Waals surface area contributed by atoms with Crippen molar-refractivity contribution < 1.29 is 4.74 Å². The SMILES string of the molecule is CN=C(NCCSC)NCc1ccnc(OC2CCCC2)c1.I. The highest BCUT2D eigenvalue weighted by Gasteiger charge is 2.16. The first-order valence-corrected chi connectivity index (χ1v) is 9.26. The first kappa shape index (κ1) is 20.3. The number of guanidine groups is 1. The normalized spacial score (nSPS) is 15.1. The first-order valence-electron chi connectivity index (χ1n) is 7.87. The zero-order chi connectivity index (χ0) is 15.6. The van der Waals surface area contributed by atoms with E-state index in [1.807, 2.05) is 30.1 Å². The van der Waals surface area contributed by atoms with Gasteiger partial charge in [-0.1, -0.05) is 0 Å². The molecular weight excluding hydrogens is 423 g/mol. The highest BCUT2D eigenvalue weighted by molar-refractivity contribution is 14.0. The fraction of sp³-hybridized carbons (Fsp3) is 0.625. The van der Waals surface area contributed by atoms with E-state index in [-0.39, 0.29) is 24.0 Å². The maximum Gasteiger partial charge on any atom is 0.213 e. The minimum atomic E-state index is 0. The summed E-state index contributed by atoms with van der Waals surface area (Å²) < 4.78 is 5.94. The molecule has 0 aromatic carbocycles. The van der Waals surface area contributed by atoms with Crippen LogP contribution in [0.5, 0.6) is 5.88 Å². The highest BCUT2D eigenvalue weighted by atomic mass is 127. The highest BCUT2D eigenvalue weighted by Crippen LogP contribution is 2.23. The molecule has 0 aliphatic heterocycles. The molecule has 0 unspecified atom stereocenters. The van der Waals surface area contributed by atoms with E-state index in [0.29, 0.717) is 12.6 Å². The molecule has 0 radical (unpaired) electrons. The van der Waals surface area contributed by atoms with E-state index in [1.54, 1.807) is 7.05 Å². The van der Waals surface area contributed by atoms with E-state index >= 15 is 0 Å². The number of aromatic nitrogens is 1. The third-order valence-electron chi connectivity index (χ3n) is 3.67. The molecule has 0 spiro atoms. The fourth-order valence-electron chi connectivity index (χ4n) is 2.48. The minimum Gasteiger partial charge on any atom is -0.474 e. The molecule has 1 saturated carbocycles. The Hall–Kier alpha value is -0.700. The Morgan fingerprint density at radius 3 is 2.87 bits per heavy atom. The van der Waals surface area contributed by atoms with Crippen molar-refractivity contribution in [2.45, 2.75) is 38.3 Å². The first-order chi connectivity index (χ1) is 10.8. The summed E-state index contributed by atoms with van der Waals surface area (Å²) in [4.78, 5) is 8.53. The zero-order valence-electron chi connectivity index (χ0n) is 13.9. The summed E-state index contributed by atoms with van der Waals surface area (Å²) in [6.45, 7) is 1.62. The quantitative estimate of drug-likeness (QED) is 0.290. The molecule has 0 amide bonds. The molecule has 130 valence electrons. The van der Waals surface area contributed by atoms with Crippen LogP contribution in [0.1, 0.15) is 31.2 Å². The van der Waals surface area contributed by atoms with Gasteiger partial charge in [0, 0.05) is 38.2 Å². The molecule has 1 heterocycles. The third kappa shape index (κ3) is 7.60. The average Bonchev–Trinajstić information content (AvgIpc) is 3.04. The Labute approximate surface area is 160 Å². The van der Waals surface area contributed by atoms with Gasteiger partial charge in [0.1, 0.15) is 6.10 Å². The summed E-state index contributed by atoms with van der Waals surface area (Å²) in [5, 5.41) is 6.60. The second-order valence-corrected chi connectivity index (χ2v) is 6.36. The Bertz CT molecular complexity index is 481. The molecule has 23 heavy (non-hydrogen) atoms. The van der Waals surface area contributed by atoms with Crippen LogP contribution in [0.15, 0.2) is 23.3 Å². The number of pyridine rings is 1. The molecule has 0 saturated heterocycles. The predicted molar refractivity (Wildman–Crippen MR) is 109 cm³/mol. The van der Waals surface area contributed by atoms with E-state index in [2.05, 4.69) is 26.9 Å². The lowest BCUT2D eigenvalue weighted by Gasteiger charge is -2.14. The molecule has 1 fully saturated rings. The van der Waals surface area contributed by atoms with Crippen molar-refractivity contribution in [1.29, 1.82) is 0 Å². The Kier molecular flexibility index (Phi) is 10.4. The molecule has 0 bridgehead atoms. The van der Waals surface area contributed by atoms with E-state index < -0.39 is 0 Å². The van der Waals surface area contributed by atoms with Crippen LogP contribution in [0.4, 0.5) is 0 Å². The lowest BCUT2D eigenvalue weighted by Crippen LogP contribution is -2.37. The van der Waals surface area contributed by atoms with Gasteiger partial charge in [-0.15, -0.1) is 24.0 Å². The van der Waals surface area contributed by atoms with E-state index in [1.165, 1.54) is 12.8 Å². The summed E-state index contributed by atoms with van der Waals surface area (Å²) in [6.07, 6.45) is 9.09. The third-order valence-corrected chi connectivity index (χ3v) is 4.28. The smallest absolute Gasteiger partial charge is 0.213 e. The maximum atomic E-state index is 5.94. The number of aliphatic imine (C=N–C) groups is 1. The fourth-order valence-corrected chi connectivity index (χ4v) is 2.79. The van der Waals surface area contributed by atoms with Gasteiger partial charge in [0.05, 0.1) is 0 Å². The molecule has 5 nitrogen and oxygen atoms in total. The number of thioether (sulfide) groups is 1. The second kappa shape index (κ2) is 11.8. The summed E-state index contributed by atoms with van der Waals surface area (Å²) in [6, 6.07) is 4.02. The molecule has 1 aromatic heterocycles. The van der Waals surface area contributed by atoms with Gasteiger partial charge in [-0.25, -0.2) is 4.98 Å². The largest absolute Gasteiger partial charge is 0.474 e. The summed E-state index contributed by atoms with van der Waals surface area (Å²) >= 11 is 1.82. The lowest BCUT2D eigenvalue weighted by atomic mass is 10.2. The molecule has 1 aliphatic carbocycles. The molecular formula is C16H27IN4OS. The molecule has 2 rings (SSSR count). The second-order valence-electron chi connectivity index (χ2n) is 5.37. The summed E-state index contributed by atoms with van der Waals surface area (Å²) in [5.41, 5.74) is 1.15. The standard InChI is InChI=1S/C16H26N4OS.HI/c1-17-16(19-9-10-22-2)20-12-13-7-8-18-15(11-13)21-14-5-3-4-6-14;/h7-8,11,14H,3-6,9-10,12H2,1-2H3,(H2,17,19,20);1H. The molecule has 7 heteroatoms. The van der Waals surface area contributed by atoms with Gasteiger partial charge >= 0.3 is 0 Å². The van der Waals surface area contributed by atoms with Crippen molar-refractivity contribution in [2.24, 2.45) is 4.99 Å². The van der Waals surface area contributed by atoms with Crippen LogP contribution in [-0.4, -0.2) is 42.6 Å². The average molecular weight is 450 g/mol. The number of rotatable bonds is 7. The van der Waals surface area contributed by atoms with Crippen molar-refractivity contribution in [2.75, 3.05) is 25.6 Å². The van der Waals surface area contributed by atoms with Crippen LogP contribution in [0.2, 0.25) is 0 Å². The van der Waals surface area contributed by atoms with Crippen molar-refractivity contribution in [3.05, 3.63) is 23.9 Å². The van der Waals surface area contributed by atoms with Gasteiger partial charge in [0.2, 0.25) is 5.88 Å². The molecule has 0 atom stereocenters. The number of nitrogens with zero attached hydrogens (tertiary/aromatic N) is 2. The number of ether oxygens (including phenoxy) is 1. The molecule has 1 aliphatic rings. The van der Waals surface area contributed by atoms with Gasteiger partial charge < -0.3 is 15.4 Å². The summed E-state index contributed by atoms with van der Waals surface area (Å²) in [5.74, 6) is 2.62. The Morgan fingerprint density at radius 2 is 2.17 bits per heavy atom. The van der Waals surface area contributed by atoms with Crippen LogP contribution in [-0.2, 0) is 6.54 Å². The van der Waals surface area contributed by atoms with Gasteiger partial charge in [0.25, 0.3) is 0 Å². The lowest BCUT2D eigenvalue weighted by molar-refractivity contribution is 0.201. The topological polar surface area (TPSA) is 58.5 Å². The number of hydrogen-bond acceptors (Lipinski definition) is 4. The minimum absolute atomic E-state index is 0. The van der Waals surface area contributed by atoms with Crippen LogP contribution < -0.4 is 15.4 Å². The van der Waals surface area contributed by atoms with Gasteiger partial charge in [0.15, 0.2) is 5.96 Å². The molecule has 1 aromatic rings. The van der Waals surface area contributed by atoms with Crippen molar-refractivity contribution in [3.63, 3.8) is 0 Å². The van der Waals surface area contributed by atoms with Crippen LogP contribution >= 0.6 is 35.7 Å². The number of halogens is 1. The Morgan fingerprint density at radius 1 is 1.39 bits per heavy atom. The van der Waals surface area contributed by atoms with Gasteiger partial charge in [-0.3, -0.25) is 4.99 Å². The Balaban J connectivity index is 0.00000264. The number of nitrogens with one attached hydrogen (secondary N) is 2.